The molecular weight excluding hydrogens is 369 g/mol. The van der Waals surface area contributed by atoms with E-state index in [1.54, 1.807) is 12.1 Å². The van der Waals surface area contributed by atoms with E-state index in [1.807, 2.05) is 24.4 Å². The van der Waals surface area contributed by atoms with Gasteiger partial charge in [-0.05, 0) is 47.7 Å². The van der Waals surface area contributed by atoms with Crippen LogP contribution in [0.25, 0.3) is 22.1 Å². The first-order valence-electron chi connectivity index (χ1n) is 9.77. The largest absolute Gasteiger partial charge is 0.423 e. The van der Waals surface area contributed by atoms with Gasteiger partial charge in [0.1, 0.15) is 11.4 Å². The number of aromatic nitrogens is 2. The van der Waals surface area contributed by atoms with Gasteiger partial charge in [-0.1, -0.05) is 30.7 Å². The maximum atomic E-state index is 13.2. The summed E-state index contributed by atoms with van der Waals surface area (Å²) in [6.07, 6.45) is 5.64. The zero-order valence-electron chi connectivity index (χ0n) is 15.7. The van der Waals surface area contributed by atoms with Crippen molar-refractivity contribution in [3.8, 4) is 11.1 Å². The van der Waals surface area contributed by atoms with E-state index in [0.717, 1.165) is 28.0 Å². The number of nitrogens with one attached hydrogen (secondary N) is 2. The lowest BCUT2D eigenvalue weighted by Gasteiger charge is -2.23. The van der Waals surface area contributed by atoms with Crippen LogP contribution < -0.4 is 10.9 Å². The number of nitrogens with zero attached hydrogens (tertiary/aromatic N) is 1. The van der Waals surface area contributed by atoms with Crippen molar-refractivity contribution in [2.45, 2.75) is 31.7 Å². The van der Waals surface area contributed by atoms with Crippen molar-refractivity contribution in [1.82, 2.24) is 9.97 Å². The van der Waals surface area contributed by atoms with Crippen LogP contribution in [-0.4, -0.2) is 9.97 Å². The van der Waals surface area contributed by atoms with Gasteiger partial charge in [0.25, 0.3) is 0 Å². The van der Waals surface area contributed by atoms with Crippen LogP contribution in [0.15, 0.2) is 63.9 Å². The molecule has 2 aromatic carbocycles. The fourth-order valence-corrected chi connectivity index (χ4v) is 3.72. The second-order valence-electron chi connectivity index (χ2n) is 7.49. The molecule has 0 aliphatic heterocycles. The number of benzene rings is 2. The molecule has 2 heterocycles. The molecule has 0 atom stereocenters. The van der Waals surface area contributed by atoms with Crippen molar-refractivity contribution in [1.29, 1.82) is 0 Å². The summed E-state index contributed by atoms with van der Waals surface area (Å²) in [5.74, 6) is 1.04. The highest BCUT2D eigenvalue weighted by Crippen LogP contribution is 2.35. The van der Waals surface area contributed by atoms with Gasteiger partial charge in [0.05, 0.1) is 6.20 Å². The number of halogens is 1. The average Bonchev–Trinajstić information content (AvgIpc) is 3.13. The molecule has 0 saturated heterocycles. The van der Waals surface area contributed by atoms with Crippen molar-refractivity contribution in [2.24, 2.45) is 0 Å². The van der Waals surface area contributed by atoms with E-state index >= 15 is 0 Å². The second kappa shape index (κ2) is 7.20. The Bertz CT molecular complexity index is 1220. The molecule has 2 aromatic heterocycles. The quantitative estimate of drug-likeness (QED) is 0.460. The predicted octanol–water partition coefficient (Wildman–Crippen LogP) is 5.20. The van der Waals surface area contributed by atoms with Crippen LogP contribution in [0.3, 0.4) is 0 Å². The second-order valence-corrected chi connectivity index (χ2v) is 7.49. The van der Waals surface area contributed by atoms with Crippen molar-refractivity contribution >= 4 is 16.9 Å². The first-order valence-corrected chi connectivity index (χ1v) is 9.77. The number of hydrogen-bond acceptors (Lipinski definition) is 4. The van der Waals surface area contributed by atoms with Crippen LogP contribution in [0, 0.1) is 5.82 Å². The van der Waals surface area contributed by atoms with Gasteiger partial charge in [-0.3, -0.25) is 0 Å². The minimum absolute atomic E-state index is 0.312. The molecule has 5 rings (SSSR count). The number of anilines is 1. The Kier molecular flexibility index (Phi) is 4.39. The van der Waals surface area contributed by atoms with Gasteiger partial charge < -0.3 is 14.7 Å². The number of fused-ring (bicyclic) bond motifs is 1. The van der Waals surface area contributed by atoms with Crippen molar-refractivity contribution in [3.63, 3.8) is 0 Å². The third-order valence-corrected chi connectivity index (χ3v) is 5.56. The standard InChI is InChI=1S/C23H20FN3O2/c24-17-7-5-15(6-8-17)19-11-22(28)29-21-10-14(4-9-18(19)21)12-25-23-26-13-20(27-23)16-2-1-3-16/h4-11,13,16H,1-3,12H2,(H2,25,26,27). The Morgan fingerprint density at radius 3 is 2.72 bits per heavy atom. The lowest BCUT2D eigenvalue weighted by atomic mass is 9.83. The van der Waals surface area contributed by atoms with Crippen LogP contribution in [0.5, 0.6) is 0 Å². The van der Waals surface area contributed by atoms with E-state index in [-0.39, 0.29) is 5.82 Å². The molecular formula is C23H20FN3O2. The first kappa shape index (κ1) is 17.7. The van der Waals surface area contributed by atoms with Crippen molar-refractivity contribution in [2.75, 3.05) is 5.32 Å². The maximum absolute atomic E-state index is 13.2. The number of H-pyrrole nitrogens is 1. The molecule has 4 aromatic rings. The zero-order chi connectivity index (χ0) is 19.8. The number of imidazole rings is 1. The summed E-state index contributed by atoms with van der Waals surface area (Å²) in [6.45, 7) is 0.554. The predicted molar refractivity (Wildman–Crippen MR) is 110 cm³/mol. The van der Waals surface area contributed by atoms with E-state index < -0.39 is 5.63 Å². The average molecular weight is 389 g/mol. The Morgan fingerprint density at radius 1 is 1.14 bits per heavy atom. The summed E-state index contributed by atoms with van der Waals surface area (Å²) in [5.41, 5.74) is 3.73. The molecule has 1 fully saturated rings. The molecule has 146 valence electrons. The Balaban J connectivity index is 1.40. The number of aromatic amines is 1. The van der Waals surface area contributed by atoms with Gasteiger partial charge in [0.15, 0.2) is 0 Å². The van der Waals surface area contributed by atoms with E-state index in [4.69, 9.17) is 4.42 Å². The molecule has 1 aliphatic carbocycles. The third kappa shape index (κ3) is 3.53. The highest BCUT2D eigenvalue weighted by Gasteiger charge is 2.21. The van der Waals surface area contributed by atoms with Gasteiger partial charge in [-0.25, -0.2) is 14.2 Å². The van der Waals surface area contributed by atoms with E-state index in [9.17, 15) is 9.18 Å². The summed E-state index contributed by atoms with van der Waals surface area (Å²) in [4.78, 5) is 19.8. The van der Waals surface area contributed by atoms with Gasteiger partial charge >= 0.3 is 5.63 Å². The summed E-state index contributed by atoms with van der Waals surface area (Å²) in [7, 11) is 0. The van der Waals surface area contributed by atoms with E-state index in [2.05, 4.69) is 15.3 Å². The molecule has 2 N–H and O–H groups in total. The van der Waals surface area contributed by atoms with Gasteiger partial charge in [0.2, 0.25) is 5.95 Å². The normalized spacial score (nSPS) is 14.1. The van der Waals surface area contributed by atoms with Crippen LogP contribution >= 0.6 is 0 Å². The Hall–Kier alpha value is -3.41. The van der Waals surface area contributed by atoms with Crippen molar-refractivity contribution in [3.05, 3.63) is 82.2 Å². The molecule has 1 saturated carbocycles. The molecule has 29 heavy (non-hydrogen) atoms. The lowest BCUT2D eigenvalue weighted by molar-refractivity contribution is 0.412. The third-order valence-electron chi connectivity index (χ3n) is 5.56. The Morgan fingerprint density at radius 2 is 1.97 bits per heavy atom. The lowest BCUT2D eigenvalue weighted by Crippen LogP contribution is -2.09. The zero-order valence-corrected chi connectivity index (χ0v) is 15.7. The van der Waals surface area contributed by atoms with Crippen LogP contribution in [0.2, 0.25) is 0 Å². The summed E-state index contributed by atoms with van der Waals surface area (Å²) < 4.78 is 18.7. The molecule has 1 aliphatic rings. The molecule has 0 amide bonds. The Labute approximate surface area is 166 Å². The monoisotopic (exact) mass is 389 g/mol. The van der Waals surface area contributed by atoms with E-state index in [0.29, 0.717) is 18.0 Å². The van der Waals surface area contributed by atoms with Crippen molar-refractivity contribution < 1.29 is 8.81 Å². The fraction of sp³-hybridized carbons (Fsp3) is 0.217. The number of hydrogen-bond donors (Lipinski definition) is 2. The topological polar surface area (TPSA) is 70.9 Å². The fourth-order valence-electron chi connectivity index (χ4n) is 3.72. The first-order chi connectivity index (χ1) is 14.2. The molecule has 0 spiro atoms. The van der Waals surface area contributed by atoms with Gasteiger partial charge in [-0.2, -0.15) is 0 Å². The smallest absolute Gasteiger partial charge is 0.336 e. The summed E-state index contributed by atoms with van der Waals surface area (Å²) >= 11 is 0. The molecule has 0 bridgehead atoms. The minimum Gasteiger partial charge on any atom is -0.423 e. The molecule has 0 radical (unpaired) electrons. The maximum Gasteiger partial charge on any atom is 0.336 e. The highest BCUT2D eigenvalue weighted by molar-refractivity contribution is 5.93. The molecule has 6 heteroatoms. The van der Waals surface area contributed by atoms with Crippen LogP contribution in [-0.2, 0) is 6.54 Å². The number of rotatable bonds is 5. The highest BCUT2D eigenvalue weighted by atomic mass is 19.1. The molecule has 5 nitrogen and oxygen atoms in total. The molecule has 0 unspecified atom stereocenters. The van der Waals surface area contributed by atoms with Crippen LogP contribution in [0.1, 0.15) is 36.4 Å². The summed E-state index contributed by atoms with van der Waals surface area (Å²) in [6, 6.07) is 13.3. The van der Waals surface area contributed by atoms with E-state index in [1.165, 1.54) is 43.2 Å². The van der Waals surface area contributed by atoms with Gasteiger partial charge in [0, 0.05) is 29.6 Å². The SMILES string of the molecule is O=c1cc(-c2ccc(F)cc2)c2ccc(CNc3ncc(C4CCC4)[nH]3)cc2o1. The van der Waals surface area contributed by atoms with Gasteiger partial charge in [-0.15, -0.1) is 0 Å². The minimum atomic E-state index is -0.432. The van der Waals surface area contributed by atoms with Crippen LogP contribution in [0.4, 0.5) is 10.3 Å². The summed E-state index contributed by atoms with van der Waals surface area (Å²) in [5, 5.41) is 4.10.